The van der Waals surface area contributed by atoms with E-state index >= 15 is 0 Å². The summed E-state index contributed by atoms with van der Waals surface area (Å²) in [5, 5.41) is 19.9. The van der Waals surface area contributed by atoms with Gasteiger partial charge in [-0.1, -0.05) is 17.3 Å². The minimum atomic E-state index is -1.23. The van der Waals surface area contributed by atoms with Gasteiger partial charge in [0.1, 0.15) is 5.75 Å². The molecular weight excluding hydrogens is 406 g/mol. The maximum absolute atomic E-state index is 12.9. The van der Waals surface area contributed by atoms with E-state index in [1.54, 1.807) is 38.1 Å². The first-order chi connectivity index (χ1) is 14.8. The molecule has 3 aromatic rings. The van der Waals surface area contributed by atoms with Crippen molar-refractivity contribution in [1.82, 2.24) is 10.1 Å². The minimum absolute atomic E-state index is 0.0872. The van der Waals surface area contributed by atoms with Gasteiger partial charge in [0.05, 0.1) is 16.3 Å². The number of benzene rings is 2. The Kier molecular flexibility index (Phi) is 4.99. The second-order valence-corrected chi connectivity index (χ2v) is 6.68. The van der Waals surface area contributed by atoms with E-state index in [0.29, 0.717) is 23.0 Å². The molecule has 0 saturated heterocycles. The van der Waals surface area contributed by atoms with Gasteiger partial charge >= 0.3 is 5.97 Å². The number of ether oxygens (including phenoxy) is 1. The van der Waals surface area contributed by atoms with Crippen molar-refractivity contribution in [3.8, 4) is 17.1 Å². The van der Waals surface area contributed by atoms with Gasteiger partial charge in [-0.25, -0.2) is 0 Å². The molecule has 1 aromatic heterocycles. The molecule has 0 spiro atoms. The lowest BCUT2D eigenvalue weighted by Crippen LogP contribution is -2.35. The SMILES string of the molecule is CC1=NN(c2cccc(-c3noc(C)n3)c2)C(=O)C1C(=O)Oc1ccc([N+](=O)[O-])cc1. The number of esters is 1. The molecule has 156 valence electrons. The van der Waals surface area contributed by atoms with E-state index in [1.165, 1.54) is 24.3 Å². The van der Waals surface area contributed by atoms with Crippen LogP contribution in [0, 0.1) is 23.0 Å². The van der Waals surface area contributed by atoms with Crippen LogP contribution in [0.3, 0.4) is 0 Å². The van der Waals surface area contributed by atoms with Gasteiger partial charge in [0.2, 0.25) is 11.7 Å². The summed E-state index contributed by atoms with van der Waals surface area (Å²) in [4.78, 5) is 39.8. The Balaban J connectivity index is 1.53. The van der Waals surface area contributed by atoms with Crippen LogP contribution in [0.4, 0.5) is 11.4 Å². The van der Waals surface area contributed by atoms with Crippen LogP contribution in [0.15, 0.2) is 58.2 Å². The number of nitro groups is 1. The zero-order valence-corrected chi connectivity index (χ0v) is 16.4. The second-order valence-electron chi connectivity index (χ2n) is 6.68. The van der Waals surface area contributed by atoms with Crippen molar-refractivity contribution >= 4 is 29.0 Å². The number of hydrogen-bond donors (Lipinski definition) is 0. The van der Waals surface area contributed by atoms with Crippen molar-refractivity contribution < 1.29 is 23.8 Å². The lowest BCUT2D eigenvalue weighted by molar-refractivity contribution is -0.384. The monoisotopic (exact) mass is 421 g/mol. The summed E-state index contributed by atoms with van der Waals surface area (Å²) in [7, 11) is 0. The van der Waals surface area contributed by atoms with Gasteiger partial charge in [-0.15, -0.1) is 0 Å². The van der Waals surface area contributed by atoms with Gasteiger partial charge in [-0.2, -0.15) is 15.1 Å². The molecule has 1 aliphatic rings. The highest BCUT2D eigenvalue weighted by atomic mass is 16.6. The van der Waals surface area contributed by atoms with E-state index < -0.39 is 22.7 Å². The van der Waals surface area contributed by atoms with Gasteiger partial charge in [0.15, 0.2) is 5.92 Å². The average Bonchev–Trinajstić information content (AvgIpc) is 3.31. The maximum Gasteiger partial charge on any atom is 0.329 e. The van der Waals surface area contributed by atoms with Gasteiger partial charge < -0.3 is 9.26 Å². The van der Waals surface area contributed by atoms with Crippen LogP contribution in [0.2, 0.25) is 0 Å². The van der Waals surface area contributed by atoms with Crippen molar-refractivity contribution in [1.29, 1.82) is 0 Å². The summed E-state index contributed by atoms with van der Waals surface area (Å²) in [6, 6.07) is 11.8. The Hall–Kier alpha value is -4.41. The number of nitrogens with zero attached hydrogens (tertiary/aromatic N) is 5. The number of hydrazone groups is 1. The highest BCUT2D eigenvalue weighted by Crippen LogP contribution is 2.29. The summed E-state index contributed by atoms with van der Waals surface area (Å²) in [6.07, 6.45) is 0. The fourth-order valence-electron chi connectivity index (χ4n) is 3.03. The van der Waals surface area contributed by atoms with Crippen LogP contribution < -0.4 is 9.75 Å². The molecule has 0 fully saturated rings. The van der Waals surface area contributed by atoms with Crippen molar-refractivity contribution in [3.63, 3.8) is 0 Å². The number of aryl methyl sites for hydroxylation is 1. The van der Waals surface area contributed by atoms with E-state index in [2.05, 4.69) is 15.2 Å². The Morgan fingerprint density at radius 2 is 1.94 bits per heavy atom. The Labute approximate surface area is 175 Å². The van der Waals surface area contributed by atoms with Crippen molar-refractivity contribution in [2.75, 3.05) is 5.01 Å². The molecule has 31 heavy (non-hydrogen) atoms. The Bertz CT molecular complexity index is 1220. The highest BCUT2D eigenvalue weighted by Gasteiger charge is 2.41. The number of hydrogen-bond acceptors (Lipinski definition) is 9. The van der Waals surface area contributed by atoms with E-state index in [9.17, 15) is 19.7 Å². The largest absolute Gasteiger partial charge is 0.426 e. The zero-order chi connectivity index (χ0) is 22.1. The number of amides is 1. The van der Waals surface area contributed by atoms with Crippen molar-refractivity contribution in [3.05, 3.63) is 64.5 Å². The first kappa shape index (κ1) is 19.9. The molecule has 0 radical (unpaired) electrons. The summed E-state index contributed by atoms with van der Waals surface area (Å²) in [5.74, 6) is -1.78. The van der Waals surface area contributed by atoms with Crippen LogP contribution in [0.25, 0.3) is 11.4 Å². The third-order valence-electron chi connectivity index (χ3n) is 4.51. The highest BCUT2D eigenvalue weighted by molar-refractivity contribution is 6.25. The molecule has 11 heteroatoms. The van der Waals surface area contributed by atoms with Crippen LogP contribution in [-0.4, -0.2) is 32.7 Å². The number of non-ortho nitro benzene ring substituents is 1. The molecule has 0 N–H and O–H groups in total. The fourth-order valence-corrected chi connectivity index (χ4v) is 3.03. The van der Waals surface area contributed by atoms with Gasteiger partial charge in [0, 0.05) is 24.6 Å². The number of nitro benzene ring substituents is 1. The van der Waals surface area contributed by atoms with E-state index in [1.807, 2.05) is 0 Å². The van der Waals surface area contributed by atoms with E-state index in [0.717, 1.165) is 5.01 Å². The average molecular weight is 421 g/mol. The lowest BCUT2D eigenvalue weighted by Gasteiger charge is -2.14. The van der Waals surface area contributed by atoms with Crippen LogP contribution in [0.1, 0.15) is 12.8 Å². The van der Waals surface area contributed by atoms with Gasteiger partial charge in [0.25, 0.3) is 11.6 Å². The van der Waals surface area contributed by atoms with E-state index in [4.69, 9.17) is 9.26 Å². The molecule has 2 heterocycles. The van der Waals surface area contributed by atoms with E-state index in [-0.39, 0.29) is 17.1 Å². The lowest BCUT2D eigenvalue weighted by atomic mass is 10.0. The molecule has 1 aliphatic heterocycles. The maximum atomic E-state index is 12.9. The number of carbonyl (C=O) groups is 2. The van der Waals surface area contributed by atoms with Crippen LogP contribution in [0.5, 0.6) is 5.75 Å². The molecule has 1 amide bonds. The topological polar surface area (TPSA) is 141 Å². The van der Waals surface area contributed by atoms with Crippen LogP contribution in [-0.2, 0) is 9.59 Å². The summed E-state index contributed by atoms with van der Waals surface area (Å²) < 4.78 is 10.2. The van der Waals surface area contributed by atoms with Gasteiger partial charge in [-0.05, 0) is 31.2 Å². The summed E-state index contributed by atoms with van der Waals surface area (Å²) in [5.41, 5.74) is 1.16. The fraction of sp³-hybridized carbons (Fsp3) is 0.150. The van der Waals surface area contributed by atoms with Crippen LogP contribution >= 0.6 is 0 Å². The molecule has 1 atom stereocenters. The molecule has 0 aliphatic carbocycles. The number of rotatable bonds is 5. The second kappa shape index (κ2) is 7.78. The third kappa shape index (κ3) is 3.88. The predicted octanol–water partition coefficient (Wildman–Crippen LogP) is 2.90. The standard InChI is InChI=1S/C20H15N5O6/c1-11-17(20(27)30-16-8-6-14(7-9-16)25(28)29)19(26)24(22-11)15-5-3-4-13(10-15)18-21-12(2)31-23-18/h3-10,17H,1-2H3. The number of anilines is 1. The summed E-state index contributed by atoms with van der Waals surface area (Å²) in [6.45, 7) is 3.21. The molecule has 0 bridgehead atoms. The Morgan fingerprint density at radius 3 is 2.58 bits per heavy atom. The third-order valence-corrected chi connectivity index (χ3v) is 4.51. The minimum Gasteiger partial charge on any atom is -0.426 e. The normalized spacial score (nSPS) is 15.7. The summed E-state index contributed by atoms with van der Waals surface area (Å²) >= 11 is 0. The zero-order valence-electron chi connectivity index (χ0n) is 16.4. The first-order valence-electron chi connectivity index (χ1n) is 9.09. The number of aromatic nitrogens is 2. The quantitative estimate of drug-likeness (QED) is 0.201. The number of carbonyl (C=O) groups excluding carboxylic acids is 2. The predicted molar refractivity (Wildman–Crippen MR) is 107 cm³/mol. The molecule has 11 nitrogen and oxygen atoms in total. The molecule has 2 aromatic carbocycles. The van der Waals surface area contributed by atoms with Crippen molar-refractivity contribution in [2.24, 2.45) is 11.0 Å². The first-order valence-corrected chi connectivity index (χ1v) is 9.09. The van der Waals surface area contributed by atoms with Crippen molar-refractivity contribution in [2.45, 2.75) is 13.8 Å². The molecule has 1 unspecified atom stereocenters. The molecule has 4 rings (SSSR count). The smallest absolute Gasteiger partial charge is 0.329 e. The Morgan fingerprint density at radius 1 is 1.19 bits per heavy atom. The molecular formula is C20H15N5O6. The molecule has 0 saturated carbocycles. The van der Waals surface area contributed by atoms with Gasteiger partial charge in [-0.3, -0.25) is 19.7 Å².